The van der Waals surface area contributed by atoms with Crippen LogP contribution in [0.3, 0.4) is 0 Å². The molecule has 0 atom stereocenters. The van der Waals surface area contributed by atoms with Crippen molar-refractivity contribution >= 4 is 11.8 Å². The van der Waals surface area contributed by atoms with Crippen LogP contribution in [-0.2, 0) is 0 Å². The molecule has 2 aromatic rings. The summed E-state index contributed by atoms with van der Waals surface area (Å²) in [6.45, 7) is 0.500. The van der Waals surface area contributed by atoms with Crippen LogP contribution in [0.1, 0.15) is 20.7 Å². The second-order valence-corrected chi connectivity index (χ2v) is 4.36. The third-order valence-corrected chi connectivity index (χ3v) is 2.85. The molecule has 108 valence electrons. The van der Waals surface area contributed by atoms with E-state index in [0.29, 0.717) is 5.56 Å². The van der Waals surface area contributed by atoms with Crippen LogP contribution in [0, 0.1) is 5.82 Å². The summed E-state index contributed by atoms with van der Waals surface area (Å²) < 4.78 is 13.4. The van der Waals surface area contributed by atoms with E-state index in [4.69, 9.17) is 0 Å². The molecule has 0 aliphatic heterocycles. The van der Waals surface area contributed by atoms with Crippen LogP contribution in [0.4, 0.5) is 4.39 Å². The molecule has 0 bridgehead atoms. The van der Waals surface area contributed by atoms with Gasteiger partial charge in [0.15, 0.2) is 0 Å². The van der Waals surface area contributed by atoms with E-state index in [1.54, 1.807) is 30.3 Å². The van der Waals surface area contributed by atoms with Crippen LogP contribution in [0.25, 0.3) is 0 Å². The summed E-state index contributed by atoms with van der Waals surface area (Å²) in [5.41, 5.74) is 0.546. The molecule has 0 aliphatic rings. The van der Waals surface area contributed by atoms with Gasteiger partial charge in [-0.25, -0.2) is 4.39 Å². The number of amides is 2. The molecule has 0 aliphatic carbocycles. The molecular weight excluding hydrogens is 271 g/mol. The molecule has 0 heterocycles. The SMILES string of the molecule is O=C(NCCNC(=O)c1ccccc1F)c1ccccc1. The van der Waals surface area contributed by atoms with Crippen LogP contribution >= 0.6 is 0 Å². The average Bonchev–Trinajstić information content (AvgIpc) is 2.52. The van der Waals surface area contributed by atoms with E-state index in [0.717, 1.165) is 0 Å². The first kappa shape index (κ1) is 14.7. The molecule has 21 heavy (non-hydrogen) atoms. The molecule has 0 saturated carbocycles. The Bertz CT molecular complexity index is 629. The molecule has 5 heteroatoms. The van der Waals surface area contributed by atoms with E-state index in [-0.39, 0.29) is 24.6 Å². The molecule has 2 N–H and O–H groups in total. The topological polar surface area (TPSA) is 58.2 Å². The number of nitrogens with one attached hydrogen (secondary N) is 2. The Labute approximate surface area is 122 Å². The van der Waals surface area contributed by atoms with Gasteiger partial charge in [-0.2, -0.15) is 0 Å². The summed E-state index contributed by atoms with van der Waals surface area (Å²) in [6.07, 6.45) is 0. The van der Waals surface area contributed by atoms with Gasteiger partial charge in [-0.05, 0) is 24.3 Å². The average molecular weight is 286 g/mol. The maximum Gasteiger partial charge on any atom is 0.254 e. The number of benzene rings is 2. The number of hydrogen-bond donors (Lipinski definition) is 2. The number of carbonyl (C=O) groups is 2. The van der Waals surface area contributed by atoms with E-state index in [2.05, 4.69) is 10.6 Å². The number of carbonyl (C=O) groups excluding carboxylic acids is 2. The van der Waals surface area contributed by atoms with Crippen LogP contribution < -0.4 is 10.6 Å². The molecule has 0 saturated heterocycles. The lowest BCUT2D eigenvalue weighted by Crippen LogP contribution is -2.35. The molecular formula is C16H15FN2O2. The predicted octanol–water partition coefficient (Wildman–Crippen LogP) is 1.99. The smallest absolute Gasteiger partial charge is 0.254 e. The lowest BCUT2D eigenvalue weighted by atomic mass is 10.2. The molecule has 2 aromatic carbocycles. The highest BCUT2D eigenvalue weighted by Gasteiger charge is 2.10. The highest BCUT2D eigenvalue weighted by atomic mass is 19.1. The Hall–Kier alpha value is -2.69. The summed E-state index contributed by atoms with van der Waals surface area (Å²) >= 11 is 0. The first-order chi connectivity index (χ1) is 10.2. The second-order valence-electron chi connectivity index (χ2n) is 4.36. The second kappa shape index (κ2) is 7.19. The van der Waals surface area contributed by atoms with Crippen molar-refractivity contribution in [3.05, 3.63) is 71.5 Å². The van der Waals surface area contributed by atoms with Crippen molar-refractivity contribution in [1.29, 1.82) is 0 Å². The van der Waals surface area contributed by atoms with Crippen molar-refractivity contribution in [3.8, 4) is 0 Å². The minimum atomic E-state index is -0.566. The molecule has 2 rings (SSSR count). The number of hydrogen-bond acceptors (Lipinski definition) is 2. The normalized spacial score (nSPS) is 9.95. The zero-order valence-electron chi connectivity index (χ0n) is 11.3. The van der Waals surface area contributed by atoms with Crippen molar-refractivity contribution in [3.63, 3.8) is 0 Å². The van der Waals surface area contributed by atoms with E-state index >= 15 is 0 Å². The van der Waals surface area contributed by atoms with Crippen LogP contribution in [0.15, 0.2) is 54.6 Å². The Balaban J connectivity index is 1.76. The van der Waals surface area contributed by atoms with Crippen molar-refractivity contribution < 1.29 is 14.0 Å². The van der Waals surface area contributed by atoms with Crippen LogP contribution in [0.5, 0.6) is 0 Å². The fraction of sp³-hybridized carbons (Fsp3) is 0.125. The van der Waals surface area contributed by atoms with Crippen LogP contribution in [0.2, 0.25) is 0 Å². The quantitative estimate of drug-likeness (QED) is 0.826. The Kier molecular flexibility index (Phi) is 5.04. The maximum atomic E-state index is 13.4. The molecule has 2 amide bonds. The Morgan fingerprint density at radius 2 is 1.38 bits per heavy atom. The monoisotopic (exact) mass is 286 g/mol. The first-order valence-corrected chi connectivity index (χ1v) is 6.54. The van der Waals surface area contributed by atoms with Gasteiger partial charge in [0.25, 0.3) is 11.8 Å². The van der Waals surface area contributed by atoms with Crippen molar-refractivity contribution in [2.75, 3.05) is 13.1 Å². The molecule has 0 spiro atoms. The standard InChI is InChI=1S/C16H15FN2O2/c17-14-9-5-4-8-13(14)16(21)19-11-10-18-15(20)12-6-2-1-3-7-12/h1-9H,10-11H2,(H,18,20)(H,19,21). The van der Waals surface area contributed by atoms with Gasteiger partial charge in [0.2, 0.25) is 0 Å². The lowest BCUT2D eigenvalue weighted by molar-refractivity contribution is 0.0925. The largest absolute Gasteiger partial charge is 0.350 e. The molecule has 0 fully saturated rings. The van der Waals surface area contributed by atoms with Gasteiger partial charge in [-0.1, -0.05) is 30.3 Å². The minimum Gasteiger partial charge on any atom is -0.350 e. The third kappa shape index (κ3) is 4.14. The van der Waals surface area contributed by atoms with Gasteiger partial charge in [0.05, 0.1) is 5.56 Å². The molecule has 0 unspecified atom stereocenters. The van der Waals surface area contributed by atoms with Crippen molar-refractivity contribution in [2.45, 2.75) is 0 Å². The summed E-state index contributed by atoms with van der Waals surface area (Å²) in [7, 11) is 0. The van der Waals surface area contributed by atoms with Gasteiger partial charge in [-0.15, -0.1) is 0 Å². The lowest BCUT2D eigenvalue weighted by Gasteiger charge is -2.07. The number of rotatable bonds is 5. The summed E-state index contributed by atoms with van der Waals surface area (Å²) in [6, 6.07) is 14.5. The van der Waals surface area contributed by atoms with Crippen molar-refractivity contribution in [1.82, 2.24) is 10.6 Å². The molecule has 0 aromatic heterocycles. The first-order valence-electron chi connectivity index (χ1n) is 6.54. The zero-order chi connectivity index (χ0) is 15.1. The van der Waals surface area contributed by atoms with E-state index in [1.807, 2.05) is 6.07 Å². The van der Waals surface area contributed by atoms with E-state index in [9.17, 15) is 14.0 Å². The van der Waals surface area contributed by atoms with Gasteiger partial charge in [0, 0.05) is 18.7 Å². The summed E-state index contributed by atoms with van der Waals surface area (Å²) in [4.78, 5) is 23.4. The maximum absolute atomic E-state index is 13.4. The third-order valence-electron chi connectivity index (χ3n) is 2.85. The fourth-order valence-corrected chi connectivity index (χ4v) is 1.78. The van der Waals surface area contributed by atoms with E-state index < -0.39 is 11.7 Å². The number of halogens is 1. The highest BCUT2D eigenvalue weighted by Crippen LogP contribution is 2.05. The zero-order valence-corrected chi connectivity index (χ0v) is 11.3. The van der Waals surface area contributed by atoms with Gasteiger partial charge < -0.3 is 10.6 Å². The Morgan fingerprint density at radius 3 is 2.05 bits per heavy atom. The highest BCUT2D eigenvalue weighted by molar-refractivity contribution is 5.95. The minimum absolute atomic E-state index is 0.00751. The van der Waals surface area contributed by atoms with Crippen LogP contribution in [-0.4, -0.2) is 24.9 Å². The van der Waals surface area contributed by atoms with Gasteiger partial charge in [0.1, 0.15) is 5.82 Å². The fourth-order valence-electron chi connectivity index (χ4n) is 1.78. The van der Waals surface area contributed by atoms with Crippen molar-refractivity contribution in [2.24, 2.45) is 0 Å². The van der Waals surface area contributed by atoms with Gasteiger partial charge >= 0.3 is 0 Å². The molecule has 0 radical (unpaired) electrons. The summed E-state index contributed by atoms with van der Waals surface area (Å²) in [5, 5.41) is 5.23. The predicted molar refractivity (Wildman–Crippen MR) is 77.5 cm³/mol. The summed E-state index contributed by atoms with van der Waals surface area (Å²) in [5.74, 6) is -1.28. The Morgan fingerprint density at radius 1 is 0.810 bits per heavy atom. The van der Waals surface area contributed by atoms with Gasteiger partial charge in [-0.3, -0.25) is 9.59 Å². The van der Waals surface area contributed by atoms with E-state index in [1.165, 1.54) is 18.2 Å². The molecule has 4 nitrogen and oxygen atoms in total.